The van der Waals surface area contributed by atoms with E-state index in [0.717, 1.165) is 48.9 Å². The standard InChI is InChI=1S/C19H20F3NO/c20-19(21,22)17-11-9-15(10-12-17)4-2-1-3-14-5-7-16(8-6-14)13-18(23)24/h5-12H,1-4,13H2,(H2,23,24). The third kappa shape index (κ3) is 5.72. The van der Waals surface area contributed by atoms with Crippen LogP contribution in [-0.2, 0) is 30.2 Å². The van der Waals surface area contributed by atoms with Crippen molar-refractivity contribution in [2.24, 2.45) is 5.73 Å². The van der Waals surface area contributed by atoms with Gasteiger partial charge in [0.1, 0.15) is 0 Å². The van der Waals surface area contributed by atoms with E-state index >= 15 is 0 Å². The van der Waals surface area contributed by atoms with Crippen molar-refractivity contribution in [2.45, 2.75) is 38.3 Å². The Hall–Kier alpha value is -2.30. The summed E-state index contributed by atoms with van der Waals surface area (Å²) in [4.78, 5) is 10.8. The van der Waals surface area contributed by atoms with Gasteiger partial charge in [-0.05, 0) is 54.5 Å². The van der Waals surface area contributed by atoms with Crippen molar-refractivity contribution in [1.29, 1.82) is 0 Å². The van der Waals surface area contributed by atoms with Crippen LogP contribution in [0.15, 0.2) is 48.5 Å². The van der Waals surface area contributed by atoms with Gasteiger partial charge in [0.15, 0.2) is 0 Å². The van der Waals surface area contributed by atoms with E-state index in [-0.39, 0.29) is 12.3 Å². The number of amides is 1. The fourth-order valence-corrected chi connectivity index (χ4v) is 2.54. The third-order valence-corrected chi connectivity index (χ3v) is 3.86. The van der Waals surface area contributed by atoms with Crippen LogP contribution in [0.2, 0.25) is 0 Å². The van der Waals surface area contributed by atoms with Crippen LogP contribution in [0.5, 0.6) is 0 Å². The number of unbranched alkanes of at least 4 members (excludes halogenated alkanes) is 1. The molecule has 5 heteroatoms. The number of aryl methyl sites for hydroxylation is 2. The summed E-state index contributed by atoms with van der Waals surface area (Å²) < 4.78 is 37.5. The number of halogens is 3. The molecule has 0 aromatic heterocycles. The molecule has 0 bridgehead atoms. The highest BCUT2D eigenvalue weighted by Crippen LogP contribution is 2.29. The Kier molecular flexibility index (Phi) is 6.01. The van der Waals surface area contributed by atoms with Crippen LogP contribution in [0.3, 0.4) is 0 Å². The smallest absolute Gasteiger partial charge is 0.369 e. The minimum Gasteiger partial charge on any atom is -0.369 e. The number of nitrogens with two attached hydrogens (primary N) is 1. The van der Waals surface area contributed by atoms with Gasteiger partial charge in [-0.2, -0.15) is 13.2 Å². The van der Waals surface area contributed by atoms with Crippen LogP contribution in [0.1, 0.15) is 35.1 Å². The number of hydrogen-bond acceptors (Lipinski definition) is 1. The van der Waals surface area contributed by atoms with Crippen molar-refractivity contribution in [3.05, 3.63) is 70.8 Å². The van der Waals surface area contributed by atoms with Crippen molar-refractivity contribution in [3.63, 3.8) is 0 Å². The first-order valence-electron chi connectivity index (χ1n) is 7.87. The predicted molar refractivity (Wildman–Crippen MR) is 87.4 cm³/mol. The molecule has 2 nitrogen and oxygen atoms in total. The Balaban J connectivity index is 1.75. The monoisotopic (exact) mass is 335 g/mol. The van der Waals surface area contributed by atoms with Gasteiger partial charge >= 0.3 is 6.18 Å². The number of carbonyl (C=O) groups is 1. The zero-order chi connectivity index (χ0) is 17.6. The molecule has 128 valence electrons. The lowest BCUT2D eigenvalue weighted by Gasteiger charge is -2.08. The number of alkyl halides is 3. The zero-order valence-corrected chi connectivity index (χ0v) is 13.3. The first-order chi connectivity index (χ1) is 11.3. The van der Waals surface area contributed by atoms with Gasteiger partial charge in [-0.15, -0.1) is 0 Å². The Morgan fingerprint density at radius 1 is 0.792 bits per heavy atom. The molecule has 0 aliphatic rings. The summed E-state index contributed by atoms with van der Waals surface area (Å²) in [5.74, 6) is -0.348. The van der Waals surface area contributed by atoms with Crippen LogP contribution in [0, 0.1) is 0 Å². The molecule has 0 aliphatic carbocycles. The second-order valence-electron chi connectivity index (χ2n) is 5.86. The van der Waals surface area contributed by atoms with E-state index in [9.17, 15) is 18.0 Å². The molecule has 2 rings (SSSR count). The average molecular weight is 335 g/mol. The maximum Gasteiger partial charge on any atom is 0.416 e. The van der Waals surface area contributed by atoms with E-state index in [2.05, 4.69) is 0 Å². The molecule has 0 spiro atoms. The summed E-state index contributed by atoms with van der Waals surface area (Å²) in [7, 11) is 0. The molecule has 0 unspecified atom stereocenters. The summed E-state index contributed by atoms with van der Waals surface area (Å²) in [5.41, 5.74) is 7.53. The number of carbonyl (C=O) groups excluding carboxylic acids is 1. The maximum absolute atomic E-state index is 12.5. The van der Waals surface area contributed by atoms with Gasteiger partial charge < -0.3 is 5.73 Å². The van der Waals surface area contributed by atoms with Gasteiger partial charge in [0.2, 0.25) is 5.91 Å². The van der Waals surface area contributed by atoms with E-state index in [1.165, 1.54) is 5.56 Å². The minimum atomic E-state index is -4.28. The molecular formula is C19H20F3NO. The highest BCUT2D eigenvalue weighted by Gasteiger charge is 2.29. The molecule has 1 amide bonds. The van der Waals surface area contributed by atoms with Crippen molar-refractivity contribution >= 4 is 5.91 Å². The number of rotatable bonds is 7. The first kappa shape index (κ1) is 18.0. The molecule has 2 aromatic carbocycles. The highest BCUT2D eigenvalue weighted by molar-refractivity contribution is 5.76. The minimum absolute atomic E-state index is 0.244. The Morgan fingerprint density at radius 2 is 1.21 bits per heavy atom. The SMILES string of the molecule is NC(=O)Cc1ccc(CCCCc2ccc(C(F)(F)F)cc2)cc1. The van der Waals surface area contributed by atoms with Crippen LogP contribution in [0.4, 0.5) is 13.2 Å². The predicted octanol–water partition coefficient (Wildman–Crippen LogP) is 4.30. The van der Waals surface area contributed by atoms with Crippen LogP contribution in [0.25, 0.3) is 0 Å². The molecule has 0 fully saturated rings. The average Bonchev–Trinajstić information content (AvgIpc) is 2.52. The zero-order valence-electron chi connectivity index (χ0n) is 13.3. The van der Waals surface area contributed by atoms with Gasteiger partial charge in [0.05, 0.1) is 12.0 Å². The van der Waals surface area contributed by atoms with Crippen LogP contribution in [-0.4, -0.2) is 5.91 Å². The molecule has 2 aromatic rings. The summed E-state index contributed by atoms with van der Waals surface area (Å²) in [6.45, 7) is 0. The van der Waals surface area contributed by atoms with Gasteiger partial charge in [-0.25, -0.2) is 0 Å². The lowest BCUT2D eigenvalue weighted by Crippen LogP contribution is -2.13. The normalized spacial score (nSPS) is 11.5. The quantitative estimate of drug-likeness (QED) is 0.753. The van der Waals surface area contributed by atoms with Gasteiger partial charge in [0, 0.05) is 0 Å². The topological polar surface area (TPSA) is 43.1 Å². The molecule has 2 N–H and O–H groups in total. The van der Waals surface area contributed by atoms with Gasteiger partial charge in [-0.3, -0.25) is 4.79 Å². The van der Waals surface area contributed by atoms with E-state index in [4.69, 9.17) is 5.73 Å². The molecule has 24 heavy (non-hydrogen) atoms. The van der Waals surface area contributed by atoms with Crippen molar-refractivity contribution in [2.75, 3.05) is 0 Å². The second kappa shape index (κ2) is 7.99. The van der Waals surface area contributed by atoms with E-state index in [1.54, 1.807) is 12.1 Å². The van der Waals surface area contributed by atoms with Crippen LogP contribution < -0.4 is 5.73 Å². The molecule has 0 saturated carbocycles. The Morgan fingerprint density at radius 3 is 1.62 bits per heavy atom. The lowest BCUT2D eigenvalue weighted by molar-refractivity contribution is -0.137. The molecule has 0 aliphatic heterocycles. The lowest BCUT2D eigenvalue weighted by atomic mass is 10.0. The van der Waals surface area contributed by atoms with Crippen LogP contribution >= 0.6 is 0 Å². The molecule has 0 heterocycles. The number of hydrogen-bond donors (Lipinski definition) is 1. The fourth-order valence-electron chi connectivity index (χ4n) is 2.54. The highest BCUT2D eigenvalue weighted by atomic mass is 19.4. The fraction of sp³-hybridized carbons (Fsp3) is 0.316. The van der Waals surface area contributed by atoms with E-state index in [1.807, 2.05) is 24.3 Å². The Labute approximate surface area is 139 Å². The number of primary amides is 1. The largest absolute Gasteiger partial charge is 0.416 e. The summed E-state index contributed by atoms with van der Waals surface area (Å²) in [5, 5.41) is 0. The van der Waals surface area contributed by atoms with E-state index < -0.39 is 11.7 Å². The third-order valence-electron chi connectivity index (χ3n) is 3.86. The molecular weight excluding hydrogens is 315 g/mol. The first-order valence-corrected chi connectivity index (χ1v) is 7.87. The van der Waals surface area contributed by atoms with Gasteiger partial charge in [0.25, 0.3) is 0 Å². The molecule has 0 atom stereocenters. The van der Waals surface area contributed by atoms with E-state index in [0.29, 0.717) is 0 Å². The Bertz CT molecular complexity index is 661. The van der Waals surface area contributed by atoms with Crippen molar-refractivity contribution in [3.8, 4) is 0 Å². The number of benzene rings is 2. The summed E-state index contributed by atoms with van der Waals surface area (Å²) in [6, 6.07) is 13.1. The second-order valence-corrected chi connectivity index (χ2v) is 5.86. The van der Waals surface area contributed by atoms with Crippen molar-refractivity contribution in [1.82, 2.24) is 0 Å². The molecule has 0 saturated heterocycles. The molecule has 0 radical (unpaired) electrons. The maximum atomic E-state index is 12.5. The summed E-state index contributed by atoms with van der Waals surface area (Å²) >= 11 is 0. The summed E-state index contributed by atoms with van der Waals surface area (Å²) in [6.07, 6.45) is -0.507. The van der Waals surface area contributed by atoms with Gasteiger partial charge in [-0.1, -0.05) is 36.4 Å². The van der Waals surface area contributed by atoms with Crippen molar-refractivity contribution < 1.29 is 18.0 Å².